The summed E-state index contributed by atoms with van der Waals surface area (Å²) in [5, 5.41) is 10.8. The van der Waals surface area contributed by atoms with Crippen LogP contribution in [0.15, 0.2) is 37.2 Å². The zero-order valence-electron chi connectivity index (χ0n) is 20.9. The number of thiazole rings is 1. The molecule has 0 bridgehead atoms. The molecule has 0 aromatic carbocycles. The first-order valence-electron chi connectivity index (χ1n) is 11.6. The lowest BCUT2D eigenvalue weighted by Crippen LogP contribution is -2.27. The van der Waals surface area contributed by atoms with E-state index in [0.717, 1.165) is 17.5 Å². The highest BCUT2D eigenvalue weighted by Gasteiger charge is 2.34. The maximum absolute atomic E-state index is 13.1. The zero-order valence-corrected chi connectivity index (χ0v) is 22.4. The number of nitrogens with zero attached hydrogens (tertiary/aromatic N) is 6. The molecule has 0 aliphatic carbocycles. The Balaban J connectivity index is 1.31. The SMILES string of the molecule is [C-]#[N+]c1[nH]cnc1NCCNc1cc(C(=O)NC(C)c2ncc(C(=O)Nc3cc(C(F)(F)F)c(Cl)cn3)s2)ncn1. The number of H-pyrrole nitrogens is 1. The van der Waals surface area contributed by atoms with Gasteiger partial charge >= 0.3 is 6.18 Å². The van der Waals surface area contributed by atoms with Gasteiger partial charge in [-0.1, -0.05) is 18.2 Å². The third kappa shape index (κ3) is 7.43. The summed E-state index contributed by atoms with van der Waals surface area (Å²) < 4.78 is 39.2. The van der Waals surface area contributed by atoms with Gasteiger partial charge in [0, 0.05) is 25.4 Å². The van der Waals surface area contributed by atoms with Crippen LogP contribution in [-0.2, 0) is 6.18 Å². The minimum atomic E-state index is -4.72. The molecule has 0 radical (unpaired) electrons. The van der Waals surface area contributed by atoms with Crippen LogP contribution in [0.25, 0.3) is 4.85 Å². The van der Waals surface area contributed by atoms with Crippen molar-refractivity contribution in [2.45, 2.75) is 19.1 Å². The number of hydrogen-bond acceptors (Lipinski definition) is 10. The van der Waals surface area contributed by atoms with Crippen molar-refractivity contribution in [2.75, 3.05) is 29.0 Å². The van der Waals surface area contributed by atoms with Gasteiger partial charge in [-0.05, 0) is 13.0 Å². The molecule has 5 N–H and O–H groups in total. The Morgan fingerprint density at radius 3 is 2.61 bits per heavy atom. The molecule has 1 unspecified atom stereocenters. The number of imidazole rings is 1. The molecule has 13 nitrogen and oxygen atoms in total. The molecule has 0 spiro atoms. The van der Waals surface area contributed by atoms with Crippen LogP contribution >= 0.6 is 22.9 Å². The molecule has 4 rings (SSSR count). The fourth-order valence-corrected chi connectivity index (χ4v) is 4.31. The molecule has 2 amide bonds. The molecular weight excluding hydrogens is 587 g/mol. The molecule has 41 heavy (non-hydrogen) atoms. The van der Waals surface area contributed by atoms with Crippen LogP contribution in [0.1, 0.15) is 43.7 Å². The van der Waals surface area contributed by atoms with Crippen LogP contribution in [0.2, 0.25) is 5.02 Å². The summed E-state index contributed by atoms with van der Waals surface area (Å²) in [5.41, 5.74) is -1.05. The Kier molecular flexibility index (Phi) is 8.94. The van der Waals surface area contributed by atoms with Gasteiger partial charge in [-0.2, -0.15) is 13.2 Å². The van der Waals surface area contributed by atoms with E-state index in [1.165, 1.54) is 24.9 Å². The maximum Gasteiger partial charge on any atom is 0.418 e. The molecule has 4 heterocycles. The fraction of sp³-hybridized carbons (Fsp3) is 0.217. The van der Waals surface area contributed by atoms with Crippen molar-refractivity contribution in [2.24, 2.45) is 0 Å². The number of carbonyl (C=O) groups is 2. The minimum absolute atomic E-state index is 0.0775. The summed E-state index contributed by atoms with van der Waals surface area (Å²) in [6, 6.07) is 1.47. The van der Waals surface area contributed by atoms with Crippen LogP contribution < -0.4 is 21.3 Å². The van der Waals surface area contributed by atoms with Crippen molar-refractivity contribution in [3.8, 4) is 0 Å². The maximum atomic E-state index is 13.1. The monoisotopic (exact) mass is 605 g/mol. The van der Waals surface area contributed by atoms with Crippen LogP contribution in [0, 0.1) is 6.57 Å². The van der Waals surface area contributed by atoms with Crippen molar-refractivity contribution in [3.05, 3.63) is 74.8 Å². The first-order valence-corrected chi connectivity index (χ1v) is 12.8. The quantitative estimate of drug-likeness (QED) is 0.129. The molecule has 0 saturated carbocycles. The largest absolute Gasteiger partial charge is 0.418 e. The predicted molar refractivity (Wildman–Crippen MR) is 144 cm³/mol. The number of halogens is 4. The third-order valence-electron chi connectivity index (χ3n) is 5.22. The first-order chi connectivity index (χ1) is 19.5. The molecule has 18 heteroatoms. The van der Waals surface area contributed by atoms with Crippen molar-refractivity contribution in [1.82, 2.24) is 35.2 Å². The van der Waals surface area contributed by atoms with Crippen molar-refractivity contribution in [1.29, 1.82) is 0 Å². The molecular formula is C23H19ClF3N11O2S. The van der Waals surface area contributed by atoms with Gasteiger partial charge in [0.1, 0.15) is 33.5 Å². The van der Waals surface area contributed by atoms with E-state index in [-0.39, 0.29) is 16.4 Å². The molecule has 0 saturated heterocycles. The topological polar surface area (TPSA) is 167 Å². The van der Waals surface area contributed by atoms with E-state index in [0.29, 0.717) is 41.6 Å². The number of aromatic nitrogens is 6. The summed E-state index contributed by atoms with van der Waals surface area (Å²) in [6.07, 6.45) is -0.0407. The van der Waals surface area contributed by atoms with E-state index in [2.05, 4.69) is 56.0 Å². The van der Waals surface area contributed by atoms with Crippen molar-refractivity contribution in [3.63, 3.8) is 0 Å². The molecule has 0 fully saturated rings. The van der Waals surface area contributed by atoms with Gasteiger partial charge in [-0.25, -0.2) is 24.9 Å². The second kappa shape index (κ2) is 12.6. The standard InChI is InChI=1S/C23H19ClF3N11O2S/c1-11(22-32-8-15(41-22)21(40)38-17-5-12(23(25,26)27)13(24)7-31-17)37-20(39)14-6-16(34-9-33-14)29-3-4-30-19-18(28-2)35-10-36-19/h5-11,30H,3-4H2,1H3,(H,35,36)(H,37,39)(H,29,33,34)(H,31,38,40). The normalized spacial score (nSPS) is 11.8. The van der Waals surface area contributed by atoms with Gasteiger partial charge in [0.2, 0.25) is 0 Å². The summed E-state index contributed by atoms with van der Waals surface area (Å²) in [6.45, 7) is 9.54. The second-order valence-corrected chi connectivity index (χ2v) is 9.58. The van der Waals surface area contributed by atoms with Crippen LogP contribution in [0.4, 0.5) is 36.4 Å². The number of pyridine rings is 1. The van der Waals surface area contributed by atoms with Gasteiger partial charge in [0.05, 0.1) is 22.8 Å². The van der Waals surface area contributed by atoms with Crippen LogP contribution in [-0.4, -0.2) is 54.8 Å². The predicted octanol–water partition coefficient (Wildman–Crippen LogP) is 4.54. The number of amides is 2. The van der Waals surface area contributed by atoms with E-state index in [4.69, 9.17) is 18.2 Å². The average Bonchev–Trinajstić information content (AvgIpc) is 3.62. The molecule has 0 aliphatic rings. The van der Waals surface area contributed by atoms with Crippen molar-refractivity contribution >= 4 is 58.0 Å². The lowest BCUT2D eigenvalue weighted by atomic mass is 10.2. The van der Waals surface area contributed by atoms with Gasteiger partial charge in [-0.3, -0.25) is 14.6 Å². The summed E-state index contributed by atoms with van der Waals surface area (Å²) in [7, 11) is 0. The Hall–Kier alpha value is -4.82. The summed E-state index contributed by atoms with van der Waals surface area (Å²) in [4.78, 5) is 51.3. The van der Waals surface area contributed by atoms with E-state index in [1.54, 1.807) is 6.92 Å². The Morgan fingerprint density at radius 2 is 1.85 bits per heavy atom. The third-order valence-corrected chi connectivity index (χ3v) is 6.70. The number of anilines is 3. The zero-order chi connectivity index (χ0) is 29.6. The molecule has 4 aromatic rings. The average molecular weight is 606 g/mol. The van der Waals surface area contributed by atoms with Gasteiger partial charge in [0.15, 0.2) is 12.1 Å². The number of hydrogen-bond donors (Lipinski definition) is 5. The van der Waals surface area contributed by atoms with E-state index in [1.807, 2.05) is 0 Å². The number of rotatable bonds is 10. The smallest absolute Gasteiger partial charge is 0.376 e. The fourth-order valence-electron chi connectivity index (χ4n) is 3.28. The number of alkyl halides is 3. The van der Waals surface area contributed by atoms with E-state index >= 15 is 0 Å². The van der Waals surface area contributed by atoms with Crippen molar-refractivity contribution < 1.29 is 22.8 Å². The number of carbonyl (C=O) groups excluding carboxylic acids is 2. The highest BCUT2D eigenvalue weighted by Crippen LogP contribution is 2.35. The van der Waals surface area contributed by atoms with Gasteiger partial charge in [0.25, 0.3) is 17.6 Å². The number of aromatic amines is 1. The highest BCUT2D eigenvalue weighted by atomic mass is 35.5. The summed E-state index contributed by atoms with van der Waals surface area (Å²) in [5.74, 6) is -0.463. The van der Waals surface area contributed by atoms with E-state index in [9.17, 15) is 22.8 Å². The van der Waals surface area contributed by atoms with Gasteiger partial charge < -0.3 is 26.1 Å². The second-order valence-electron chi connectivity index (χ2n) is 8.11. The summed E-state index contributed by atoms with van der Waals surface area (Å²) >= 11 is 6.50. The molecule has 212 valence electrons. The molecule has 4 aromatic heterocycles. The molecule has 0 aliphatic heterocycles. The highest BCUT2D eigenvalue weighted by molar-refractivity contribution is 7.13. The first kappa shape index (κ1) is 29.2. The minimum Gasteiger partial charge on any atom is -0.376 e. The molecule has 1 atom stereocenters. The van der Waals surface area contributed by atoms with E-state index < -0.39 is 34.6 Å². The lowest BCUT2D eigenvalue weighted by molar-refractivity contribution is -0.137. The Bertz CT molecular complexity index is 1600. The van der Waals surface area contributed by atoms with Crippen LogP contribution in [0.5, 0.6) is 0 Å². The Labute approximate surface area is 238 Å². The Morgan fingerprint density at radius 1 is 1.07 bits per heavy atom. The van der Waals surface area contributed by atoms with Crippen LogP contribution in [0.3, 0.4) is 0 Å². The lowest BCUT2D eigenvalue weighted by Gasteiger charge is -2.12. The number of nitrogens with one attached hydrogen (secondary N) is 5. The van der Waals surface area contributed by atoms with Gasteiger partial charge in [-0.15, -0.1) is 11.3 Å².